The molecule has 0 bridgehead atoms. The highest BCUT2D eigenvalue weighted by molar-refractivity contribution is 6.06. The largest absolute Gasteiger partial charge is 0.508 e. The zero-order chi connectivity index (χ0) is 15.6. The van der Waals surface area contributed by atoms with Gasteiger partial charge in [0.05, 0.1) is 11.3 Å². The second kappa shape index (κ2) is 5.78. The Morgan fingerprint density at radius 1 is 1.29 bits per heavy atom. The molecule has 0 aliphatic carbocycles. The maximum atomic E-state index is 13.9. The van der Waals surface area contributed by atoms with Crippen LogP contribution in [-0.4, -0.2) is 17.6 Å². The summed E-state index contributed by atoms with van der Waals surface area (Å²) in [6.45, 7) is 1.90. The molecule has 2 aromatic rings. The average molecular weight is 292 g/mol. The number of aromatic hydroxyl groups is 1. The minimum atomic E-state index is -0.958. The van der Waals surface area contributed by atoms with E-state index in [4.69, 9.17) is 5.73 Å². The van der Waals surface area contributed by atoms with E-state index in [0.29, 0.717) is 5.69 Å². The van der Waals surface area contributed by atoms with Crippen molar-refractivity contribution in [2.45, 2.75) is 6.92 Å². The van der Waals surface area contributed by atoms with Crippen LogP contribution in [0.4, 0.5) is 20.2 Å². The lowest BCUT2D eigenvalue weighted by atomic mass is 10.1. The highest BCUT2D eigenvalue weighted by Crippen LogP contribution is 2.24. The fourth-order valence-electron chi connectivity index (χ4n) is 2.02. The number of hydrogen-bond donors (Lipinski definition) is 2. The Labute approximate surface area is 120 Å². The second-order valence-electron chi connectivity index (χ2n) is 4.43. The maximum Gasteiger partial charge on any atom is 0.261 e. The van der Waals surface area contributed by atoms with Gasteiger partial charge in [-0.3, -0.25) is 4.79 Å². The zero-order valence-electron chi connectivity index (χ0n) is 11.3. The van der Waals surface area contributed by atoms with Gasteiger partial charge in [0.15, 0.2) is 5.82 Å². The number of phenolic OH excluding ortho intramolecular Hbond substituents is 1. The fourth-order valence-corrected chi connectivity index (χ4v) is 2.02. The Morgan fingerprint density at radius 3 is 2.62 bits per heavy atom. The summed E-state index contributed by atoms with van der Waals surface area (Å²) in [6, 6.07) is 7.57. The number of amides is 1. The third kappa shape index (κ3) is 2.94. The Balaban J connectivity index is 2.46. The topological polar surface area (TPSA) is 66.6 Å². The van der Waals surface area contributed by atoms with Crippen molar-refractivity contribution in [1.82, 2.24) is 0 Å². The Hall–Kier alpha value is -2.63. The standard InChI is InChI=1S/C15H14F2N2O2/c1-2-19(10-4-3-5-11(20)8-10)15(21)12-6-9(16)7-13(18)14(12)17/h3-8,20H,2,18H2,1H3. The Kier molecular flexibility index (Phi) is 4.07. The number of phenols is 1. The molecule has 0 saturated heterocycles. The number of carbonyl (C=O) groups excluding carboxylic acids is 1. The Bertz CT molecular complexity index is 689. The van der Waals surface area contributed by atoms with Crippen molar-refractivity contribution in [2.24, 2.45) is 0 Å². The highest BCUT2D eigenvalue weighted by Gasteiger charge is 2.22. The number of carbonyl (C=O) groups is 1. The van der Waals surface area contributed by atoms with Gasteiger partial charge in [0, 0.05) is 18.3 Å². The first kappa shape index (κ1) is 14.8. The van der Waals surface area contributed by atoms with Crippen LogP contribution in [-0.2, 0) is 0 Å². The zero-order valence-corrected chi connectivity index (χ0v) is 11.3. The molecular weight excluding hydrogens is 278 g/mol. The molecule has 1 amide bonds. The van der Waals surface area contributed by atoms with Crippen molar-refractivity contribution in [3.05, 3.63) is 53.6 Å². The number of nitrogens with two attached hydrogens (primary N) is 1. The molecule has 0 saturated carbocycles. The first-order valence-electron chi connectivity index (χ1n) is 6.29. The number of hydrogen-bond acceptors (Lipinski definition) is 3. The normalized spacial score (nSPS) is 10.4. The molecule has 2 rings (SSSR count). The van der Waals surface area contributed by atoms with Gasteiger partial charge < -0.3 is 15.7 Å². The lowest BCUT2D eigenvalue weighted by molar-refractivity contribution is 0.0984. The van der Waals surface area contributed by atoms with E-state index in [1.807, 2.05) is 0 Å². The van der Waals surface area contributed by atoms with E-state index in [9.17, 15) is 18.7 Å². The van der Waals surface area contributed by atoms with Crippen molar-refractivity contribution >= 4 is 17.3 Å². The molecule has 21 heavy (non-hydrogen) atoms. The molecule has 0 spiro atoms. The van der Waals surface area contributed by atoms with Crippen LogP contribution in [0.1, 0.15) is 17.3 Å². The van der Waals surface area contributed by atoms with E-state index < -0.39 is 28.8 Å². The molecule has 0 radical (unpaired) electrons. The molecule has 0 heterocycles. The van der Waals surface area contributed by atoms with Crippen molar-refractivity contribution in [3.63, 3.8) is 0 Å². The molecule has 0 fully saturated rings. The van der Waals surface area contributed by atoms with Crippen LogP contribution in [0.15, 0.2) is 36.4 Å². The first-order chi connectivity index (χ1) is 9.93. The molecule has 0 aliphatic heterocycles. The number of nitrogens with zero attached hydrogens (tertiary/aromatic N) is 1. The summed E-state index contributed by atoms with van der Waals surface area (Å²) in [5.74, 6) is -2.51. The minimum absolute atomic E-state index is 0.0296. The van der Waals surface area contributed by atoms with Gasteiger partial charge in [-0.05, 0) is 31.2 Å². The molecule has 0 aliphatic rings. The smallest absolute Gasteiger partial charge is 0.261 e. The summed E-state index contributed by atoms with van der Waals surface area (Å²) in [4.78, 5) is 13.6. The minimum Gasteiger partial charge on any atom is -0.508 e. The second-order valence-corrected chi connectivity index (χ2v) is 4.43. The predicted octanol–water partition coefficient (Wildman–Crippen LogP) is 2.92. The van der Waals surface area contributed by atoms with Crippen LogP contribution in [0.3, 0.4) is 0 Å². The van der Waals surface area contributed by atoms with E-state index >= 15 is 0 Å². The van der Waals surface area contributed by atoms with Gasteiger partial charge in [-0.25, -0.2) is 8.78 Å². The average Bonchev–Trinajstić information content (AvgIpc) is 2.43. The third-order valence-corrected chi connectivity index (χ3v) is 3.00. The van der Waals surface area contributed by atoms with E-state index in [1.165, 1.54) is 17.0 Å². The maximum absolute atomic E-state index is 13.9. The number of anilines is 2. The lowest BCUT2D eigenvalue weighted by Crippen LogP contribution is -2.31. The van der Waals surface area contributed by atoms with Crippen molar-refractivity contribution in [1.29, 1.82) is 0 Å². The summed E-state index contributed by atoms with van der Waals surface area (Å²) in [5.41, 5.74) is 4.85. The molecule has 0 unspecified atom stereocenters. The molecule has 0 atom stereocenters. The van der Waals surface area contributed by atoms with Crippen molar-refractivity contribution in [3.8, 4) is 5.75 Å². The van der Waals surface area contributed by atoms with Gasteiger partial charge in [0.2, 0.25) is 0 Å². The van der Waals surface area contributed by atoms with Crippen LogP contribution < -0.4 is 10.6 Å². The van der Waals surface area contributed by atoms with E-state index in [2.05, 4.69) is 0 Å². The number of benzene rings is 2. The van der Waals surface area contributed by atoms with Crippen molar-refractivity contribution in [2.75, 3.05) is 17.2 Å². The summed E-state index contributed by atoms with van der Waals surface area (Å²) < 4.78 is 27.3. The molecule has 3 N–H and O–H groups in total. The molecule has 110 valence electrons. The highest BCUT2D eigenvalue weighted by atomic mass is 19.1. The van der Waals surface area contributed by atoms with Gasteiger partial charge in [0.25, 0.3) is 5.91 Å². The SMILES string of the molecule is CCN(C(=O)c1cc(F)cc(N)c1F)c1cccc(O)c1. The van der Waals surface area contributed by atoms with Crippen LogP contribution in [0.5, 0.6) is 5.75 Å². The summed E-state index contributed by atoms with van der Waals surface area (Å²) in [5, 5.41) is 9.46. The third-order valence-electron chi connectivity index (χ3n) is 3.00. The van der Waals surface area contributed by atoms with Gasteiger partial charge in [-0.2, -0.15) is 0 Å². The molecule has 2 aromatic carbocycles. The lowest BCUT2D eigenvalue weighted by Gasteiger charge is -2.21. The summed E-state index contributed by atoms with van der Waals surface area (Å²) >= 11 is 0. The monoisotopic (exact) mass is 292 g/mol. The van der Waals surface area contributed by atoms with Crippen LogP contribution in [0.2, 0.25) is 0 Å². The van der Waals surface area contributed by atoms with E-state index in [-0.39, 0.29) is 12.3 Å². The molecule has 6 heteroatoms. The van der Waals surface area contributed by atoms with Crippen LogP contribution >= 0.6 is 0 Å². The van der Waals surface area contributed by atoms with Gasteiger partial charge >= 0.3 is 0 Å². The summed E-state index contributed by atoms with van der Waals surface area (Å²) in [6.07, 6.45) is 0. The van der Waals surface area contributed by atoms with Crippen molar-refractivity contribution < 1.29 is 18.7 Å². The van der Waals surface area contributed by atoms with Gasteiger partial charge in [-0.1, -0.05) is 6.07 Å². The number of rotatable bonds is 3. The quantitative estimate of drug-likeness (QED) is 0.855. The predicted molar refractivity (Wildman–Crippen MR) is 76.2 cm³/mol. The first-order valence-corrected chi connectivity index (χ1v) is 6.29. The molecule has 0 aromatic heterocycles. The number of halogens is 2. The fraction of sp³-hybridized carbons (Fsp3) is 0.133. The summed E-state index contributed by atoms with van der Waals surface area (Å²) in [7, 11) is 0. The van der Waals surface area contributed by atoms with Gasteiger partial charge in [-0.15, -0.1) is 0 Å². The molecular formula is C15H14F2N2O2. The van der Waals surface area contributed by atoms with Crippen LogP contribution in [0.25, 0.3) is 0 Å². The molecule has 4 nitrogen and oxygen atoms in total. The van der Waals surface area contributed by atoms with Crippen LogP contribution in [0, 0.1) is 11.6 Å². The number of nitrogen functional groups attached to an aromatic ring is 1. The van der Waals surface area contributed by atoms with E-state index in [0.717, 1.165) is 12.1 Å². The van der Waals surface area contributed by atoms with Gasteiger partial charge in [0.1, 0.15) is 11.6 Å². The van der Waals surface area contributed by atoms with E-state index in [1.54, 1.807) is 19.1 Å². The Morgan fingerprint density at radius 2 is 2.00 bits per heavy atom.